The Hall–Kier alpha value is -1.06. The van der Waals surface area contributed by atoms with Gasteiger partial charge in [0, 0.05) is 24.9 Å². The second-order valence-corrected chi connectivity index (χ2v) is 7.89. The summed E-state index contributed by atoms with van der Waals surface area (Å²) in [6.07, 6.45) is 3.24. The summed E-state index contributed by atoms with van der Waals surface area (Å²) >= 11 is 0. The average molecular weight is 286 g/mol. The summed E-state index contributed by atoms with van der Waals surface area (Å²) in [4.78, 5) is 0. The minimum atomic E-state index is 0.0610. The minimum absolute atomic E-state index is 0.0610. The minimum Gasteiger partial charge on any atom is -0.633 e. The van der Waals surface area contributed by atoms with E-state index < -0.39 is 0 Å². The number of anilines is 1. The van der Waals surface area contributed by atoms with Gasteiger partial charge in [-0.25, -0.2) is 0 Å². The number of hydrogen-bond donors (Lipinski definition) is 1. The van der Waals surface area contributed by atoms with E-state index in [1.165, 1.54) is 16.8 Å². The number of piperidine rings is 1. The summed E-state index contributed by atoms with van der Waals surface area (Å²) in [5.74, 6) is 0.579. The maximum atomic E-state index is 13.0. The van der Waals surface area contributed by atoms with Crippen LogP contribution in [0.2, 0.25) is 0 Å². The summed E-state index contributed by atoms with van der Waals surface area (Å²) in [5.41, 5.74) is 4.20. The standard InChI is InChI=1S/C18H26N2O/c1-12-6-4-7-13-16(12)19-17-14(18(13,2)3)9-11-20(21)10-5-8-15(17)20/h4,6-7,14-15,17,19H,5,8-11H2,1-3H3/t14-,15-,17-,20+/m0/s1. The predicted octanol–water partition coefficient (Wildman–Crippen LogP) is 3.56. The molecule has 0 spiro atoms. The highest BCUT2D eigenvalue weighted by Gasteiger charge is 2.54. The van der Waals surface area contributed by atoms with Crippen LogP contribution in [0.15, 0.2) is 18.2 Å². The first kappa shape index (κ1) is 13.6. The van der Waals surface area contributed by atoms with Crippen molar-refractivity contribution in [1.82, 2.24) is 0 Å². The van der Waals surface area contributed by atoms with Gasteiger partial charge in [-0.2, -0.15) is 0 Å². The van der Waals surface area contributed by atoms with Gasteiger partial charge in [-0.15, -0.1) is 0 Å². The van der Waals surface area contributed by atoms with Gasteiger partial charge in [0.1, 0.15) is 6.04 Å². The van der Waals surface area contributed by atoms with Gasteiger partial charge in [-0.3, -0.25) is 0 Å². The number of hydrogen-bond acceptors (Lipinski definition) is 2. The molecule has 0 unspecified atom stereocenters. The molecule has 4 atom stereocenters. The summed E-state index contributed by atoms with van der Waals surface area (Å²) in [5, 5.41) is 16.8. The van der Waals surface area contributed by atoms with Crippen LogP contribution in [0.4, 0.5) is 5.69 Å². The molecule has 114 valence electrons. The van der Waals surface area contributed by atoms with E-state index >= 15 is 0 Å². The van der Waals surface area contributed by atoms with Crippen molar-refractivity contribution >= 4 is 5.69 Å². The monoisotopic (exact) mass is 286 g/mol. The Bertz CT molecular complexity index is 583. The first-order chi connectivity index (χ1) is 9.93. The summed E-state index contributed by atoms with van der Waals surface area (Å²) < 4.78 is 0.0610. The van der Waals surface area contributed by atoms with Crippen molar-refractivity contribution in [3.8, 4) is 0 Å². The summed E-state index contributed by atoms with van der Waals surface area (Å²) in [6.45, 7) is 8.58. The van der Waals surface area contributed by atoms with Gasteiger partial charge < -0.3 is 15.2 Å². The van der Waals surface area contributed by atoms with Crippen molar-refractivity contribution in [2.24, 2.45) is 5.92 Å². The maximum absolute atomic E-state index is 13.0. The van der Waals surface area contributed by atoms with E-state index in [1.807, 2.05) is 0 Å². The number of rotatable bonds is 0. The zero-order valence-corrected chi connectivity index (χ0v) is 13.4. The lowest BCUT2D eigenvalue weighted by molar-refractivity contribution is -0.899. The Balaban J connectivity index is 1.82. The molecule has 3 aliphatic heterocycles. The number of nitrogens with one attached hydrogen (secondary N) is 1. The fourth-order valence-corrected chi connectivity index (χ4v) is 5.29. The molecular weight excluding hydrogens is 260 g/mol. The molecule has 0 amide bonds. The zero-order chi connectivity index (χ0) is 14.8. The molecule has 2 fully saturated rings. The molecule has 3 aliphatic rings. The zero-order valence-electron chi connectivity index (χ0n) is 13.4. The molecule has 3 heteroatoms. The maximum Gasteiger partial charge on any atom is 0.110 e. The van der Waals surface area contributed by atoms with Gasteiger partial charge in [-0.1, -0.05) is 32.0 Å². The van der Waals surface area contributed by atoms with Crippen molar-refractivity contribution in [3.63, 3.8) is 0 Å². The predicted molar refractivity (Wildman–Crippen MR) is 86.1 cm³/mol. The molecule has 1 aromatic carbocycles. The van der Waals surface area contributed by atoms with Gasteiger partial charge in [-0.05, 0) is 29.4 Å². The topological polar surface area (TPSA) is 35.1 Å². The van der Waals surface area contributed by atoms with Gasteiger partial charge in [0.05, 0.1) is 19.1 Å². The van der Waals surface area contributed by atoms with E-state index in [4.69, 9.17) is 0 Å². The van der Waals surface area contributed by atoms with Crippen LogP contribution in [0.5, 0.6) is 0 Å². The fraction of sp³-hybridized carbons (Fsp3) is 0.667. The first-order valence-corrected chi connectivity index (χ1v) is 8.38. The normalized spacial score (nSPS) is 39.9. The molecule has 1 N–H and O–H groups in total. The number of hydroxylamine groups is 3. The van der Waals surface area contributed by atoms with E-state index in [0.717, 1.165) is 32.4 Å². The largest absolute Gasteiger partial charge is 0.633 e. The quantitative estimate of drug-likeness (QED) is 0.584. The molecule has 0 radical (unpaired) electrons. The molecular formula is C18H26N2O. The Morgan fingerprint density at radius 3 is 2.86 bits per heavy atom. The van der Waals surface area contributed by atoms with Crippen LogP contribution in [-0.4, -0.2) is 29.8 Å². The molecule has 0 aromatic heterocycles. The third-order valence-electron chi connectivity index (χ3n) is 6.51. The number of aryl methyl sites for hydroxylation is 1. The lowest BCUT2D eigenvalue weighted by Crippen LogP contribution is -2.65. The van der Waals surface area contributed by atoms with Crippen molar-refractivity contribution in [1.29, 1.82) is 0 Å². The van der Waals surface area contributed by atoms with Gasteiger partial charge >= 0.3 is 0 Å². The molecule has 0 bridgehead atoms. The third kappa shape index (κ3) is 1.74. The average Bonchev–Trinajstić information content (AvgIpc) is 2.82. The number of fused-ring (bicyclic) bond motifs is 4. The number of benzene rings is 1. The molecule has 3 nitrogen and oxygen atoms in total. The van der Waals surface area contributed by atoms with Crippen molar-refractivity contribution in [2.75, 3.05) is 18.4 Å². The first-order valence-electron chi connectivity index (χ1n) is 8.38. The van der Waals surface area contributed by atoms with Crippen LogP contribution in [0.1, 0.15) is 44.2 Å². The lowest BCUT2D eigenvalue weighted by Gasteiger charge is -2.58. The Morgan fingerprint density at radius 1 is 1.24 bits per heavy atom. The van der Waals surface area contributed by atoms with Crippen LogP contribution in [-0.2, 0) is 5.41 Å². The molecule has 21 heavy (non-hydrogen) atoms. The SMILES string of the molecule is Cc1cccc2c1N[C@H]1[C@H](CC[N@+]3([O-])CCC[C@@H]13)C2(C)C. The van der Waals surface area contributed by atoms with Crippen molar-refractivity contribution in [3.05, 3.63) is 34.5 Å². The van der Waals surface area contributed by atoms with E-state index in [1.54, 1.807) is 0 Å². The van der Waals surface area contributed by atoms with Gasteiger partial charge in [0.2, 0.25) is 0 Å². The molecule has 0 aliphatic carbocycles. The van der Waals surface area contributed by atoms with Crippen molar-refractivity contribution in [2.45, 2.75) is 57.5 Å². The third-order valence-corrected chi connectivity index (χ3v) is 6.51. The number of para-hydroxylation sites is 1. The van der Waals surface area contributed by atoms with Crippen LogP contribution in [0.3, 0.4) is 0 Å². The van der Waals surface area contributed by atoms with E-state index in [-0.39, 0.29) is 16.1 Å². The van der Waals surface area contributed by atoms with Crippen molar-refractivity contribution < 1.29 is 4.65 Å². The highest BCUT2D eigenvalue weighted by molar-refractivity contribution is 5.63. The van der Waals surface area contributed by atoms with E-state index in [2.05, 4.69) is 44.3 Å². The summed E-state index contributed by atoms with van der Waals surface area (Å²) in [6, 6.07) is 7.23. The Labute approximate surface area is 127 Å². The lowest BCUT2D eigenvalue weighted by atomic mass is 9.62. The Kier molecular flexibility index (Phi) is 2.74. The van der Waals surface area contributed by atoms with E-state index in [9.17, 15) is 5.21 Å². The number of quaternary nitrogens is 1. The highest BCUT2D eigenvalue weighted by Crippen LogP contribution is 2.51. The molecule has 2 saturated heterocycles. The highest BCUT2D eigenvalue weighted by atomic mass is 16.5. The number of nitrogens with zero attached hydrogens (tertiary/aromatic N) is 1. The van der Waals surface area contributed by atoms with Crippen LogP contribution in [0.25, 0.3) is 0 Å². The molecule has 4 rings (SSSR count). The molecule has 1 aromatic rings. The van der Waals surface area contributed by atoms with Crippen LogP contribution in [0, 0.1) is 18.0 Å². The summed E-state index contributed by atoms with van der Waals surface area (Å²) in [7, 11) is 0. The molecule has 3 heterocycles. The Morgan fingerprint density at radius 2 is 2.05 bits per heavy atom. The van der Waals surface area contributed by atoms with Gasteiger partial charge in [0.15, 0.2) is 0 Å². The molecule has 0 saturated carbocycles. The fourth-order valence-electron chi connectivity index (χ4n) is 5.29. The van der Waals surface area contributed by atoms with Gasteiger partial charge in [0.25, 0.3) is 0 Å². The van der Waals surface area contributed by atoms with Crippen LogP contribution >= 0.6 is 0 Å². The van der Waals surface area contributed by atoms with Crippen LogP contribution < -0.4 is 5.32 Å². The second-order valence-electron chi connectivity index (χ2n) is 7.89. The van der Waals surface area contributed by atoms with E-state index in [0.29, 0.717) is 12.0 Å². The smallest absolute Gasteiger partial charge is 0.110 e. The second kappa shape index (κ2) is 4.23.